The Balaban J connectivity index is 2.35. The van der Waals surface area contributed by atoms with Gasteiger partial charge in [0.15, 0.2) is 0 Å². The highest BCUT2D eigenvalue weighted by molar-refractivity contribution is 7.88. The van der Waals surface area contributed by atoms with Crippen molar-refractivity contribution in [1.82, 2.24) is 9.62 Å². The van der Waals surface area contributed by atoms with Gasteiger partial charge >= 0.3 is 0 Å². The maximum Gasteiger partial charge on any atom is 0.220 e. The molecule has 0 heterocycles. The molecular weight excluding hydrogens is 371 g/mol. The fraction of sp³-hybridized carbons (Fsp3) is 0.562. The third-order valence-corrected chi connectivity index (χ3v) is 5.85. The molecule has 0 saturated heterocycles. The first-order valence-corrected chi connectivity index (χ1v) is 10.4. The predicted octanol–water partition coefficient (Wildman–Crippen LogP) is 3.10. The van der Waals surface area contributed by atoms with Crippen molar-refractivity contribution in [3.05, 3.63) is 33.8 Å². The van der Waals surface area contributed by atoms with E-state index < -0.39 is 10.0 Å². The summed E-state index contributed by atoms with van der Waals surface area (Å²) >= 11 is 12.0. The van der Waals surface area contributed by atoms with Crippen molar-refractivity contribution in [2.24, 2.45) is 0 Å². The Kier molecular flexibility index (Phi) is 8.50. The van der Waals surface area contributed by atoms with Gasteiger partial charge in [0, 0.05) is 25.6 Å². The predicted molar refractivity (Wildman–Crippen MR) is 99.1 cm³/mol. The number of hydrogen-bond acceptors (Lipinski definition) is 3. The number of sulfonamides is 1. The van der Waals surface area contributed by atoms with Crippen molar-refractivity contribution in [1.29, 1.82) is 0 Å². The first-order chi connectivity index (χ1) is 11.1. The van der Waals surface area contributed by atoms with Crippen molar-refractivity contribution in [3.63, 3.8) is 0 Å². The maximum absolute atomic E-state index is 11.9. The van der Waals surface area contributed by atoms with Gasteiger partial charge in [0.1, 0.15) is 0 Å². The van der Waals surface area contributed by atoms with Crippen molar-refractivity contribution in [2.45, 2.75) is 39.2 Å². The lowest BCUT2D eigenvalue weighted by molar-refractivity contribution is -0.121. The van der Waals surface area contributed by atoms with Crippen molar-refractivity contribution in [3.8, 4) is 0 Å². The fourth-order valence-corrected chi connectivity index (χ4v) is 3.99. The van der Waals surface area contributed by atoms with Gasteiger partial charge in [0.2, 0.25) is 15.9 Å². The molecule has 1 rings (SSSR count). The molecule has 1 aromatic rings. The number of hydrogen-bond donors (Lipinski definition) is 1. The van der Waals surface area contributed by atoms with Crippen LogP contribution in [0.5, 0.6) is 0 Å². The maximum atomic E-state index is 11.9. The summed E-state index contributed by atoms with van der Waals surface area (Å²) in [7, 11) is -3.23. The smallest absolute Gasteiger partial charge is 0.220 e. The molecule has 0 aliphatic carbocycles. The third kappa shape index (κ3) is 6.97. The van der Waals surface area contributed by atoms with Gasteiger partial charge in [0.25, 0.3) is 0 Å². The van der Waals surface area contributed by atoms with Gasteiger partial charge in [-0.25, -0.2) is 8.42 Å². The second kappa shape index (κ2) is 9.61. The lowest BCUT2D eigenvalue weighted by Gasteiger charge is -2.23. The minimum atomic E-state index is -3.23. The standard InChI is InChI=1S/C16H24Cl2N2O3S/c1-12(2)20(24(3,22)23)11-5-10-19-15(21)9-8-13-6-4-7-14(17)16(13)18/h4,6-7,12H,5,8-11H2,1-3H3,(H,19,21). The summed E-state index contributed by atoms with van der Waals surface area (Å²) in [5.74, 6) is -0.0958. The molecule has 0 bridgehead atoms. The van der Waals surface area contributed by atoms with Crippen LogP contribution in [-0.4, -0.2) is 44.0 Å². The Morgan fingerprint density at radius 3 is 2.54 bits per heavy atom. The zero-order valence-electron chi connectivity index (χ0n) is 14.2. The van der Waals surface area contributed by atoms with Crippen LogP contribution in [0.25, 0.3) is 0 Å². The molecule has 0 atom stereocenters. The minimum absolute atomic E-state index is 0.0958. The van der Waals surface area contributed by atoms with Crippen molar-refractivity contribution in [2.75, 3.05) is 19.3 Å². The summed E-state index contributed by atoms with van der Waals surface area (Å²) in [6.45, 7) is 4.47. The van der Waals surface area contributed by atoms with E-state index in [1.807, 2.05) is 19.9 Å². The molecule has 0 aliphatic rings. The highest BCUT2D eigenvalue weighted by atomic mass is 35.5. The van der Waals surface area contributed by atoms with E-state index in [4.69, 9.17) is 23.2 Å². The first kappa shape index (κ1) is 21.2. The topological polar surface area (TPSA) is 66.5 Å². The van der Waals surface area contributed by atoms with Gasteiger partial charge in [0.05, 0.1) is 16.3 Å². The van der Waals surface area contributed by atoms with Crippen LogP contribution in [0.2, 0.25) is 10.0 Å². The summed E-state index contributed by atoms with van der Waals surface area (Å²) < 4.78 is 24.7. The molecule has 0 unspecified atom stereocenters. The molecule has 1 amide bonds. The number of halogens is 2. The van der Waals surface area contributed by atoms with Crippen LogP contribution in [0.3, 0.4) is 0 Å². The molecule has 0 aromatic heterocycles. The fourth-order valence-electron chi connectivity index (χ4n) is 2.35. The van der Waals surface area contributed by atoms with E-state index in [2.05, 4.69) is 5.32 Å². The van der Waals surface area contributed by atoms with E-state index in [-0.39, 0.29) is 11.9 Å². The molecule has 1 aromatic carbocycles. The summed E-state index contributed by atoms with van der Waals surface area (Å²) in [6, 6.07) is 5.25. The van der Waals surface area contributed by atoms with Crippen molar-refractivity contribution >= 4 is 39.1 Å². The summed E-state index contributed by atoms with van der Waals surface area (Å²) in [4.78, 5) is 11.9. The van der Waals surface area contributed by atoms with E-state index >= 15 is 0 Å². The highest BCUT2D eigenvalue weighted by Crippen LogP contribution is 2.26. The van der Waals surface area contributed by atoms with Gasteiger partial charge in [-0.15, -0.1) is 0 Å². The van der Waals surface area contributed by atoms with Crippen LogP contribution in [-0.2, 0) is 21.2 Å². The van der Waals surface area contributed by atoms with Crippen LogP contribution in [0.4, 0.5) is 0 Å². The molecule has 0 spiro atoms. The van der Waals surface area contributed by atoms with Gasteiger partial charge in [-0.1, -0.05) is 35.3 Å². The Morgan fingerprint density at radius 2 is 1.96 bits per heavy atom. The summed E-state index contributed by atoms with van der Waals surface area (Å²) in [5, 5.41) is 3.75. The lowest BCUT2D eigenvalue weighted by Crippen LogP contribution is -2.38. The number of rotatable bonds is 9. The molecule has 0 aliphatic heterocycles. The normalized spacial score (nSPS) is 12.0. The van der Waals surface area contributed by atoms with Gasteiger partial charge in [-0.05, 0) is 38.3 Å². The number of carbonyl (C=O) groups excluding carboxylic acids is 1. The van der Waals surface area contributed by atoms with Crippen molar-refractivity contribution < 1.29 is 13.2 Å². The Bertz CT molecular complexity index is 663. The molecular formula is C16H24Cl2N2O3S. The largest absolute Gasteiger partial charge is 0.356 e. The molecule has 136 valence electrons. The van der Waals surface area contributed by atoms with Crippen LogP contribution < -0.4 is 5.32 Å². The Labute approximate surface area is 154 Å². The van der Waals surface area contributed by atoms with E-state index in [0.717, 1.165) is 5.56 Å². The van der Waals surface area contributed by atoms with Crippen LogP contribution in [0, 0.1) is 0 Å². The molecule has 0 radical (unpaired) electrons. The number of aryl methyl sites for hydroxylation is 1. The van der Waals surface area contributed by atoms with E-state index in [0.29, 0.717) is 42.4 Å². The highest BCUT2D eigenvalue weighted by Gasteiger charge is 2.19. The molecule has 24 heavy (non-hydrogen) atoms. The van der Waals surface area contributed by atoms with Gasteiger partial charge in [-0.2, -0.15) is 4.31 Å². The number of benzene rings is 1. The number of nitrogens with one attached hydrogen (secondary N) is 1. The monoisotopic (exact) mass is 394 g/mol. The molecule has 0 saturated carbocycles. The first-order valence-electron chi connectivity index (χ1n) is 7.79. The van der Waals surface area contributed by atoms with Crippen LogP contribution in [0.15, 0.2) is 18.2 Å². The van der Waals surface area contributed by atoms with Gasteiger partial charge in [-0.3, -0.25) is 4.79 Å². The second-order valence-electron chi connectivity index (χ2n) is 5.88. The zero-order chi connectivity index (χ0) is 18.3. The van der Waals surface area contributed by atoms with Crippen LogP contribution >= 0.6 is 23.2 Å². The molecule has 0 fully saturated rings. The zero-order valence-corrected chi connectivity index (χ0v) is 16.5. The number of carbonyl (C=O) groups is 1. The van der Waals surface area contributed by atoms with Crippen LogP contribution in [0.1, 0.15) is 32.3 Å². The molecule has 8 heteroatoms. The average molecular weight is 395 g/mol. The molecule has 1 N–H and O–H groups in total. The third-order valence-electron chi connectivity index (χ3n) is 3.53. The van der Waals surface area contributed by atoms with E-state index in [9.17, 15) is 13.2 Å². The average Bonchev–Trinajstić information content (AvgIpc) is 2.46. The molecule has 5 nitrogen and oxygen atoms in total. The van der Waals surface area contributed by atoms with E-state index in [1.54, 1.807) is 12.1 Å². The Hall–Kier alpha value is -0.820. The lowest BCUT2D eigenvalue weighted by atomic mass is 10.1. The Morgan fingerprint density at radius 1 is 1.29 bits per heavy atom. The summed E-state index contributed by atoms with van der Waals surface area (Å²) in [5.41, 5.74) is 0.836. The van der Waals surface area contributed by atoms with Gasteiger partial charge < -0.3 is 5.32 Å². The summed E-state index contributed by atoms with van der Waals surface area (Å²) in [6.07, 6.45) is 2.57. The quantitative estimate of drug-likeness (QED) is 0.654. The second-order valence-corrected chi connectivity index (χ2v) is 8.60. The van der Waals surface area contributed by atoms with E-state index in [1.165, 1.54) is 10.6 Å². The number of amides is 1. The number of nitrogens with zero attached hydrogens (tertiary/aromatic N) is 1. The minimum Gasteiger partial charge on any atom is -0.356 e. The SMILES string of the molecule is CC(C)N(CCCNC(=O)CCc1cccc(Cl)c1Cl)S(C)(=O)=O.